The summed E-state index contributed by atoms with van der Waals surface area (Å²) < 4.78 is 11.4. The molecule has 26 heavy (non-hydrogen) atoms. The van der Waals surface area contributed by atoms with Crippen LogP contribution in [0, 0.1) is 5.92 Å². The molecule has 0 aliphatic heterocycles. The molecule has 0 aromatic heterocycles. The zero-order valence-corrected chi connectivity index (χ0v) is 15.1. The molecule has 0 unspecified atom stereocenters. The van der Waals surface area contributed by atoms with Gasteiger partial charge in [-0.1, -0.05) is 18.6 Å². The average molecular weight is 354 g/mol. The first-order chi connectivity index (χ1) is 12.7. The maximum absolute atomic E-state index is 12.4. The smallest absolute Gasteiger partial charge is 0.224 e. The lowest BCUT2D eigenvalue weighted by molar-refractivity contribution is -0.117. The molecular formula is C21H26N2O3. The number of hydrogen-bond donors (Lipinski definition) is 2. The van der Waals surface area contributed by atoms with Gasteiger partial charge in [0, 0.05) is 12.5 Å². The zero-order valence-electron chi connectivity index (χ0n) is 15.1. The van der Waals surface area contributed by atoms with Crippen LogP contribution in [0.5, 0.6) is 17.2 Å². The topological polar surface area (TPSA) is 73.6 Å². The third-order valence-electron chi connectivity index (χ3n) is 4.69. The minimum absolute atomic E-state index is 0.0184. The Balaban J connectivity index is 1.64. The lowest BCUT2D eigenvalue weighted by atomic mass is 10.00. The van der Waals surface area contributed by atoms with Crippen LogP contribution in [-0.2, 0) is 4.79 Å². The number of ether oxygens (including phenoxy) is 2. The predicted octanol–water partition coefficient (Wildman–Crippen LogP) is 4.33. The van der Waals surface area contributed by atoms with Crippen LogP contribution >= 0.6 is 0 Å². The molecule has 1 amide bonds. The van der Waals surface area contributed by atoms with Crippen LogP contribution in [0.15, 0.2) is 48.5 Å². The Morgan fingerprint density at radius 1 is 1.12 bits per heavy atom. The largest absolute Gasteiger partial charge is 0.494 e. The van der Waals surface area contributed by atoms with Crippen molar-refractivity contribution in [3.05, 3.63) is 48.5 Å². The second-order valence-corrected chi connectivity index (χ2v) is 6.61. The minimum Gasteiger partial charge on any atom is -0.494 e. The lowest BCUT2D eigenvalue weighted by Gasteiger charge is -2.16. The summed E-state index contributed by atoms with van der Waals surface area (Å²) in [6.07, 6.45) is 3.60. The van der Waals surface area contributed by atoms with E-state index < -0.39 is 0 Å². The fourth-order valence-electron chi connectivity index (χ4n) is 3.31. The van der Waals surface area contributed by atoms with Gasteiger partial charge in [0.25, 0.3) is 0 Å². The number of carbonyl (C=O) groups is 1. The number of benzene rings is 2. The fraction of sp³-hybridized carbons (Fsp3) is 0.381. The molecule has 3 rings (SSSR count). The number of amides is 1. The van der Waals surface area contributed by atoms with Crippen molar-refractivity contribution in [3.8, 4) is 17.2 Å². The lowest BCUT2D eigenvalue weighted by Crippen LogP contribution is -2.28. The van der Waals surface area contributed by atoms with Crippen molar-refractivity contribution in [2.24, 2.45) is 11.7 Å². The molecule has 0 saturated heterocycles. The summed E-state index contributed by atoms with van der Waals surface area (Å²) in [6.45, 7) is 2.57. The van der Waals surface area contributed by atoms with E-state index in [0.717, 1.165) is 25.0 Å². The van der Waals surface area contributed by atoms with Crippen molar-refractivity contribution >= 4 is 11.6 Å². The molecule has 2 aromatic rings. The standard InChI is InChI=1S/C21H26N2O3/c1-2-25-16-10-12-17(13-11-16)26-20-9-4-3-8-19(20)23-21(24)14-15-6-5-7-18(15)22/h3-4,8-13,15,18H,2,5-7,14,22H2,1H3,(H,23,24)/t15-,18+/m0/s1. The molecule has 0 heterocycles. The van der Waals surface area contributed by atoms with E-state index in [0.29, 0.717) is 30.2 Å². The summed E-state index contributed by atoms with van der Waals surface area (Å²) in [5.41, 5.74) is 6.74. The van der Waals surface area contributed by atoms with Crippen molar-refractivity contribution in [1.29, 1.82) is 0 Å². The Bertz CT molecular complexity index is 730. The number of carbonyl (C=O) groups excluding carboxylic acids is 1. The van der Waals surface area contributed by atoms with Crippen molar-refractivity contribution < 1.29 is 14.3 Å². The third kappa shape index (κ3) is 4.76. The van der Waals surface area contributed by atoms with Crippen LogP contribution in [0.3, 0.4) is 0 Å². The number of anilines is 1. The quantitative estimate of drug-likeness (QED) is 0.776. The number of para-hydroxylation sites is 2. The number of nitrogens with one attached hydrogen (secondary N) is 1. The van der Waals surface area contributed by atoms with Gasteiger partial charge in [-0.25, -0.2) is 0 Å². The Morgan fingerprint density at radius 3 is 2.54 bits per heavy atom. The zero-order chi connectivity index (χ0) is 18.4. The van der Waals surface area contributed by atoms with Gasteiger partial charge in [-0.3, -0.25) is 4.79 Å². The third-order valence-corrected chi connectivity index (χ3v) is 4.69. The molecule has 0 bridgehead atoms. The summed E-state index contributed by atoms with van der Waals surface area (Å²) in [5, 5.41) is 2.97. The highest BCUT2D eigenvalue weighted by Crippen LogP contribution is 2.31. The highest BCUT2D eigenvalue weighted by atomic mass is 16.5. The van der Waals surface area contributed by atoms with E-state index in [-0.39, 0.29) is 17.9 Å². The molecule has 3 N–H and O–H groups in total. The van der Waals surface area contributed by atoms with Gasteiger partial charge in [-0.05, 0) is 62.1 Å². The first-order valence-corrected chi connectivity index (χ1v) is 9.21. The van der Waals surface area contributed by atoms with E-state index in [1.54, 1.807) is 0 Å². The van der Waals surface area contributed by atoms with Crippen LogP contribution in [0.4, 0.5) is 5.69 Å². The number of rotatable bonds is 7. The van der Waals surface area contributed by atoms with Crippen LogP contribution < -0.4 is 20.5 Å². The molecule has 138 valence electrons. The van der Waals surface area contributed by atoms with E-state index in [9.17, 15) is 4.79 Å². The Hall–Kier alpha value is -2.53. The normalized spacial score (nSPS) is 19.2. The Labute approximate surface area is 154 Å². The predicted molar refractivity (Wildman–Crippen MR) is 103 cm³/mol. The maximum atomic E-state index is 12.4. The summed E-state index contributed by atoms with van der Waals surface area (Å²) in [4.78, 5) is 12.4. The van der Waals surface area contributed by atoms with Crippen molar-refractivity contribution in [2.45, 2.75) is 38.6 Å². The van der Waals surface area contributed by atoms with Crippen molar-refractivity contribution in [2.75, 3.05) is 11.9 Å². The molecule has 0 radical (unpaired) electrons. The van der Waals surface area contributed by atoms with E-state index in [2.05, 4.69) is 5.32 Å². The van der Waals surface area contributed by atoms with Gasteiger partial charge in [0.15, 0.2) is 5.75 Å². The van der Waals surface area contributed by atoms with Gasteiger partial charge in [0.05, 0.1) is 12.3 Å². The van der Waals surface area contributed by atoms with Crippen molar-refractivity contribution in [3.63, 3.8) is 0 Å². The summed E-state index contributed by atoms with van der Waals surface area (Å²) in [5.74, 6) is 2.35. The SMILES string of the molecule is CCOc1ccc(Oc2ccccc2NC(=O)C[C@@H]2CCC[C@H]2N)cc1. The van der Waals surface area contributed by atoms with Gasteiger partial charge in [0.1, 0.15) is 11.5 Å². The maximum Gasteiger partial charge on any atom is 0.224 e. The molecule has 1 fully saturated rings. The first kappa shape index (κ1) is 18.3. The molecule has 5 nitrogen and oxygen atoms in total. The van der Waals surface area contributed by atoms with E-state index in [1.165, 1.54) is 0 Å². The van der Waals surface area contributed by atoms with Gasteiger partial charge in [-0.15, -0.1) is 0 Å². The minimum atomic E-state index is -0.0184. The highest BCUT2D eigenvalue weighted by Gasteiger charge is 2.26. The van der Waals surface area contributed by atoms with Crippen LogP contribution in [0.25, 0.3) is 0 Å². The van der Waals surface area contributed by atoms with Crippen LogP contribution in [0.1, 0.15) is 32.6 Å². The monoisotopic (exact) mass is 354 g/mol. The Kier molecular flexibility index (Phi) is 6.12. The summed E-state index contributed by atoms with van der Waals surface area (Å²) in [7, 11) is 0. The van der Waals surface area contributed by atoms with Gasteiger partial charge in [0.2, 0.25) is 5.91 Å². The van der Waals surface area contributed by atoms with Crippen LogP contribution in [-0.4, -0.2) is 18.6 Å². The first-order valence-electron chi connectivity index (χ1n) is 9.21. The highest BCUT2D eigenvalue weighted by molar-refractivity contribution is 5.92. The van der Waals surface area contributed by atoms with Crippen LogP contribution in [0.2, 0.25) is 0 Å². The van der Waals surface area contributed by atoms with Crippen molar-refractivity contribution in [1.82, 2.24) is 0 Å². The molecule has 1 aliphatic rings. The molecule has 1 saturated carbocycles. The van der Waals surface area contributed by atoms with Gasteiger partial charge < -0.3 is 20.5 Å². The average Bonchev–Trinajstić information content (AvgIpc) is 3.03. The number of hydrogen-bond acceptors (Lipinski definition) is 4. The molecular weight excluding hydrogens is 328 g/mol. The number of nitrogens with two attached hydrogens (primary N) is 1. The second-order valence-electron chi connectivity index (χ2n) is 6.61. The van der Waals surface area contributed by atoms with E-state index in [4.69, 9.17) is 15.2 Å². The van der Waals surface area contributed by atoms with Gasteiger partial charge in [-0.2, -0.15) is 0 Å². The Morgan fingerprint density at radius 2 is 1.85 bits per heavy atom. The summed E-state index contributed by atoms with van der Waals surface area (Å²) in [6, 6.07) is 15.0. The summed E-state index contributed by atoms with van der Waals surface area (Å²) >= 11 is 0. The molecule has 0 spiro atoms. The molecule has 2 atom stereocenters. The van der Waals surface area contributed by atoms with Gasteiger partial charge >= 0.3 is 0 Å². The fourth-order valence-corrected chi connectivity index (χ4v) is 3.31. The molecule has 5 heteroatoms. The molecule has 1 aliphatic carbocycles. The molecule has 2 aromatic carbocycles. The van der Waals surface area contributed by atoms with E-state index >= 15 is 0 Å². The van der Waals surface area contributed by atoms with E-state index in [1.807, 2.05) is 55.5 Å². The second kappa shape index (κ2) is 8.72.